The Morgan fingerprint density at radius 2 is 0.739 bits per heavy atom. The zero-order valence-corrected chi connectivity index (χ0v) is 19.8. The third-order valence-electron chi connectivity index (χ3n) is 7.42. The first kappa shape index (κ1) is 19.1. The molecule has 0 unspecified atom stereocenters. The van der Waals surface area contributed by atoms with Crippen LogP contribution in [-0.4, -0.2) is 21.1 Å². The third kappa shape index (κ3) is 2.38. The molecule has 0 spiro atoms. The molecule has 0 amide bonds. The van der Waals surface area contributed by atoms with Crippen molar-refractivity contribution < 1.29 is 0 Å². The molecule has 0 bridgehead atoms. The molecule has 23 heavy (non-hydrogen) atoms. The van der Waals surface area contributed by atoms with Crippen LogP contribution in [0.4, 0.5) is 0 Å². The maximum atomic E-state index is 2.43. The van der Waals surface area contributed by atoms with Crippen molar-refractivity contribution in [2.75, 3.05) is 0 Å². The van der Waals surface area contributed by atoms with Gasteiger partial charge in [-0.1, -0.05) is 0 Å². The van der Waals surface area contributed by atoms with Crippen molar-refractivity contribution in [1.29, 1.82) is 0 Å². The molecule has 2 rings (SSSR count). The van der Waals surface area contributed by atoms with Gasteiger partial charge in [-0.2, -0.15) is 0 Å². The van der Waals surface area contributed by atoms with Crippen molar-refractivity contribution in [3.05, 3.63) is 44.6 Å². The van der Waals surface area contributed by atoms with Gasteiger partial charge in [0.2, 0.25) is 0 Å². The van der Waals surface area contributed by atoms with Crippen LogP contribution in [0.5, 0.6) is 0 Å². The van der Waals surface area contributed by atoms with Crippen LogP contribution >= 0.6 is 0 Å². The summed E-state index contributed by atoms with van der Waals surface area (Å²) in [6.45, 7) is 23.9. The molecule has 0 heterocycles. The van der Waals surface area contributed by atoms with E-state index >= 15 is 0 Å². The Morgan fingerprint density at radius 1 is 0.522 bits per heavy atom. The first-order valence-electron chi connectivity index (χ1n) is 9.12. The van der Waals surface area contributed by atoms with Crippen LogP contribution in [0.15, 0.2) is 44.6 Å². The van der Waals surface area contributed by atoms with Gasteiger partial charge in [0.25, 0.3) is 0 Å². The molecular weight excluding hydrogens is 383 g/mol. The molecule has 0 atom stereocenters. The van der Waals surface area contributed by atoms with Crippen molar-refractivity contribution in [2.45, 2.75) is 88.9 Å². The monoisotopic (exact) mass is 418 g/mol. The molecule has 0 aliphatic heterocycles. The second kappa shape index (κ2) is 6.24. The summed E-state index contributed by atoms with van der Waals surface area (Å²) in [5.74, 6) is 0. The minimum absolute atomic E-state index is 0.418. The van der Waals surface area contributed by atoms with Crippen LogP contribution < -0.4 is 0 Å². The normalized spacial score (nSPS) is 23.7. The molecule has 0 fully saturated rings. The van der Waals surface area contributed by atoms with Gasteiger partial charge in [-0.25, -0.2) is 0 Å². The van der Waals surface area contributed by atoms with E-state index in [4.69, 9.17) is 0 Å². The van der Waals surface area contributed by atoms with Gasteiger partial charge < -0.3 is 0 Å². The van der Waals surface area contributed by atoms with Gasteiger partial charge in [0.1, 0.15) is 0 Å². The van der Waals surface area contributed by atoms with Crippen LogP contribution in [0.1, 0.15) is 82.1 Å². The van der Waals surface area contributed by atoms with Crippen molar-refractivity contribution in [3.8, 4) is 0 Å². The van der Waals surface area contributed by atoms with Crippen molar-refractivity contribution >= 4 is 21.1 Å². The number of rotatable bonds is 4. The molecule has 2 aliphatic rings. The summed E-state index contributed by atoms with van der Waals surface area (Å²) in [5.41, 5.74) is 13.1. The van der Waals surface area contributed by atoms with E-state index in [1.807, 2.05) is 0 Å². The zero-order valence-electron chi connectivity index (χ0n) is 16.9. The fourth-order valence-electron chi connectivity index (χ4n) is 4.94. The molecule has 0 aromatic heterocycles. The SMILES string of the molecule is CC[C]1([Sn][C]2(CC)C(C)=C(C)C(C)=C2C)C(C)=C(C)C(C)=C1C. The first-order chi connectivity index (χ1) is 10.6. The van der Waals surface area contributed by atoms with Crippen LogP contribution in [-0.2, 0) is 0 Å². The fourth-order valence-corrected chi connectivity index (χ4v) is 12.3. The summed E-state index contributed by atoms with van der Waals surface area (Å²) in [7, 11) is 0. The van der Waals surface area contributed by atoms with Crippen molar-refractivity contribution in [3.63, 3.8) is 0 Å². The summed E-state index contributed by atoms with van der Waals surface area (Å²) in [4.78, 5) is 0. The summed E-state index contributed by atoms with van der Waals surface area (Å²) in [5, 5.41) is 0. The molecular formula is C22H34Sn. The van der Waals surface area contributed by atoms with Gasteiger partial charge in [0, 0.05) is 0 Å². The van der Waals surface area contributed by atoms with Crippen LogP contribution in [0.25, 0.3) is 0 Å². The van der Waals surface area contributed by atoms with Crippen LogP contribution in [0.2, 0.25) is 6.86 Å². The number of hydrogen-bond acceptors (Lipinski definition) is 0. The van der Waals surface area contributed by atoms with E-state index in [0.717, 1.165) is 0 Å². The van der Waals surface area contributed by atoms with E-state index in [-0.39, 0.29) is 0 Å². The van der Waals surface area contributed by atoms with E-state index in [1.165, 1.54) is 12.8 Å². The van der Waals surface area contributed by atoms with Crippen molar-refractivity contribution in [1.82, 2.24) is 0 Å². The van der Waals surface area contributed by atoms with Crippen molar-refractivity contribution in [2.24, 2.45) is 0 Å². The Kier molecular flexibility index (Phi) is 5.18. The number of allylic oxidation sites excluding steroid dienone is 8. The third-order valence-corrected chi connectivity index (χ3v) is 16.2. The molecule has 1 heteroatoms. The summed E-state index contributed by atoms with van der Waals surface area (Å²) >= 11 is -0.765. The summed E-state index contributed by atoms with van der Waals surface area (Å²) in [6.07, 6.45) is 2.57. The number of hydrogen-bond donors (Lipinski definition) is 0. The summed E-state index contributed by atoms with van der Waals surface area (Å²) < 4.78 is 0.835. The topological polar surface area (TPSA) is 0 Å². The molecule has 2 radical (unpaired) electrons. The van der Waals surface area contributed by atoms with Gasteiger partial charge in [-0.3, -0.25) is 0 Å². The molecule has 126 valence electrons. The second-order valence-electron chi connectivity index (χ2n) is 7.64. The maximum absolute atomic E-state index is 2.43. The van der Waals surface area contributed by atoms with Gasteiger partial charge in [0.05, 0.1) is 0 Å². The Bertz CT molecular complexity index is 558. The van der Waals surface area contributed by atoms with Crippen LogP contribution in [0, 0.1) is 0 Å². The average Bonchev–Trinajstić information content (AvgIpc) is 2.81. The average molecular weight is 417 g/mol. The quantitative estimate of drug-likeness (QED) is 0.425. The fraction of sp³-hybridized carbons (Fsp3) is 0.636. The van der Waals surface area contributed by atoms with Gasteiger partial charge in [-0.05, 0) is 0 Å². The molecule has 0 aromatic carbocycles. The molecule has 0 N–H and O–H groups in total. The molecule has 0 saturated carbocycles. The Morgan fingerprint density at radius 3 is 0.913 bits per heavy atom. The van der Waals surface area contributed by atoms with Gasteiger partial charge >= 0.3 is 155 Å². The van der Waals surface area contributed by atoms with E-state index in [2.05, 4.69) is 69.2 Å². The Balaban J connectivity index is 2.65. The van der Waals surface area contributed by atoms with Gasteiger partial charge in [0.15, 0.2) is 0 Å². The Labute approximate surface area is 154 Å². The van der Waals surface area contributed by atoms with Crippen LogP contribution in [0.3, 0.4) is 0 Å². The van der Waals surface area contributed by atoms with E-state index in [1.54, 1.807) is 44.6 Å². The second-order valence-corrected chi connectivity index (χ2v) is 13.2. The molecule has 0 saturated heterocycles. The molecule has 0 aromatic rings. The first-order valence-corrected chi connectivity index (χ1v) is 12.0. The Hall–Kier alpha value is -0.241. The van der Waals surface area contributed by atoms with Gasteiger partial charge in [-0.15, -0.1) is 0 Å². The minimum atomic E-state index is -0.765. The molecule has 2 aliphatic carbocycles. The summed E-state index contributed by atoms with van der Waals surface area (Å²) in [6, 6.07) is 0. The predicted molar refractivity (Wildman–Crippen MR) is 105 cm³/mol. The standard InChI is InChI=1S/2C11H17.Sn/c2*1-6-11-9(4)7(2)8(3)10(11)5;/h2*6H2,1-5H3;. The zero-order chi connectivity index (χ0) is 17.7. The predicted octanol–water partition coefficient (Wildman–Crippen LogP) is 7.20. The van der Waals surface area contributed by atoms with E-state index in [9.17, 15) is 0 Å². The van der Waals surface area contributed by atoms with E-state index in [0.29, 0.717) is 6.86 Å². The van der Waals surface area contributed by atoms with E-state index < -0.39 is 21.1 Å². The molecule has 0 nitrogen and oxygen atoms in total.